The van der Waals surface area contributed by atoms with Crippen LogP contribution in [0, 0.1) is 5.41 Å². The van der Waals surface area contributed by atoms with Crippen molar-refractivity contribution in [2.45, 2.75) is 69.2 Å². The summed E-state index contributed by atoms with van der Waals surface area (Å²) in [5.41, 5.74) is 0.500. The highest BCUT2D eigenvalue weighted by Gasteiger charge is 1.95. The van der Waals surface area contributed by atoms with E-state index in [0.717, 1.165) is 0 Å². The lowest BCUT2D eigenvalue weighted by atomic mass is 9.81. The van der Waals surface area contributed by atoms with E-state index in [-0.39, 0.29) is 8.41 Å². The van der Waals surface area contributed by atoms with Crippen LogP contribution in [-0.2, 0) is 0 Å². The van der Waals surface area contributed by atoms with Crippen molar-refractivity contribution in [1.82, 2.24) is 0 Å². The van der Waals surface area contributed by atoms with E-state index < -0.39 is 0 Å². The lowest BCUT2D eigenvalue weighted by Gasteiger charge is -2.05. The number of hydrogen-bond acceptors (Lipinski definition) is 0. The SMILES string of the molecule is CC.CC.CC.CC(C)(C)C.[B].[B][B]. The third-order valence-electron chi connectivity index (χ3n) is 0. The maximum absolute atomic E-state index is 4.00. The van der Waals surface area contributed by atoms with Crippen LogP contribution in [0.3, 0.4) is 0 Å². The normalized spacial score (nSPS) is 5.86. The Labute approximate surface area is 99.0 Å². The van der Waals surface area contributed by atoms with Crippen molar-refractivity contribution in [3.63, 3.8) is 0 Å². The average molecular weight is 195 g/mol. The Morgan fingerprint density at radius 3 is 0.571 bits per heavy atom. The average Bonchev–Trinajstić information content (AvgIpc) is 2.14. The van der Waals surface area contributed by atoms with Gasteiger partial charge in [0, 0.05) is 23.9 Å². The molecule has 0 aliphatic rings. The molecular weight excluding hydrogens is 165 g/mol. The molecule has 0 nitrogen and oxygen atoms in total. The van der Waals surface area contributed by atoms with Crippen molar-refractivity contribution < 1.29 is 0 Å². The van der Waals surface area contributed by atoms with Crippen molar-refractivity contribution in [3.05, 3.63) is 0 Å². The van der Waals surface area contributed by atoms with Crippen LogP contribution in [0.1, 0.15) is 69.2 Å². The van der Waals surface area contributed by atoms with Crippen molar-refractivity contribution in [2.24, 2.45) is 5.41 Å². The molecule has 0 aliphatic heterocycles. The minimum atomic E-state index is 0. The summed E-state index contributed by atoms with van der Waals surface area (Å²) >= 11 is 0. The van der Waals surface area contributed by atoms with Crippen molar-refractivity contribution in [2.75, 3.05) is 0 Å². The summed E-state index contributed by atoms with van der Waals surface area (Å²) < 4.78 is 0. The fraction of sp³-hybridized carbons (Fsp3) is 1.00. The molecule has 0 unspecified atom stereocenters. The second-order valence-corrected chi connectivity index (χ2v) is 3.00. The zero-order chi connectivity index (χ0) is 12.5. The third kappa shape index (κ3) is 40300. The van der Waals surface area contributed by atoms with Gasteiger partial charge < -0.3 is 0 Å². The molecule has 0 saturated heterocycles. The summed E-state index contributed by atoms with van der Waals surface area (Å²) in [6.07, 6.45) is 0. The van der Waals surface area contributed by atoms with E-state index in [1.807, 2.05) is 41.5 Å². The van der Waals surface area contributed by atoms with Crippen LogP contribution in [0.2, 0.25) is 0 Å². The van der Waals surface area contributed by atoms with E-state index >= 15 is 0 Å². The predicted octanol–water partition coefficient (Wildman–Crippen LogP) is 3.99. The lowest BCUT2D eigenvalue weighted by molar-refractivity contribution is 0.469. The fourth-order valence-electron chi connectivity index (χ4n) is 0. The molecule has 0 atom stereocenters. The van der Waals surface area contributed by atoms with E-state index in [4.69, 9.17) is 0 Å². The Kier molecular flexibility index (Phi) is 134. The van der Waals surface area contributed by atoms with Gasteiger partial charge >= 0.3 is 0 Å². The first-order valence-corrected chi connectivity index (χ1v) is 5.33. The topological polar surface area (TPSA) is 0 Å². The Balaban J connectivity index is -0.0000000156. The van der Waals surface area contributed by atoms with Gasteiger partial charge in [0.05, 0.1) is 0 Å². The molecule has 0 saturated carbocycles. The van der Waals surface area contributed by atoms with E-state index in [9.17, 15) is 0 Å². The molecule has 0 heterocycles. The molecule has 0 aliphatic carbocycles. The molecule has 3 heteroatoms. The smallest absolute Gasteiger partial charge is 0 e. The maximum atomic E-state index is 4.00. The number of rotatable bonds is 0. The Bertz CT molecular complexity index is 26.0. The first-order chi connectivity index (χ1) is 6.00. The molecule has 14 heavy (non-hydrogen) atoms. The molecule has 0 aromatic rings. The van der Waals surface area contributed by atoms with Crippen LogP contribution in [-0.4, -0.2) is 23.9 Å². The molecule has 7 radical (unpaired) electrons. The summed E-state index contributed by atoms with van der Waals surface area (Å²) in [5, 5.41) is 0. The molecule has 0 rings (SSSR count). The lowest BCUT2D eigenvalue weighted by Crippen LogP contribution is -1.93. The minimum Gasteiger partial charge on any atom is -0.0683 e. The van der Waals surface area contributed by atoms with E-state index in [0.29, 0.717) is 5.41 Å². The first kappa shape index (κ1) is 36.8. The summed E-state index contributed by atoms with van der Waals surface area (Å²) in [4.78, 5) is 0. The second kappa shape index (κ2) is 51.1. The summed E-state index contributed by atoms with van der Waals surface area (Å²) in [6.45, 7) is 20.8. The Hall–Kier alpha value is 0.195. The molecule has 0 aromatic heterocycles. The van der Waals surface area contributed by atoms with Gasteiger partial charge in [0.1, 0.15) is 0 Å². The molecule has 0 fully saturated rings. The highest BCUT2D eigenvalue weighted by Crippen LogP contribution is 2.07. The first-order valence-electron chi connectivity index (χ1n) is 5.33. The van der Waals surface area contributed by atoms with Gasteiger partial charge in [-0.1, -0.05) is 69.2 Å². The van der Waals surface area contributed by atoms with Gasteiger partial charge in [0.2, 0.25) is 0 Å². The number of hydrogen-bond donors (Lipinski definition) is 0. The zero-order valence-electron chi connectivity index (χ0n) is 12.2. The van der Waals surface area contributed by atoms with Gasteiger partial charge in [-0.25, -0.2) is 0 Å². The highest BCUT2D eigenvalue weighted by molar-refractivity contribution is 6.75. The van der Waals surface area contributed by atoms with E-state index in [2.05, 4.69) is 43.2 Å². The van der Waals surface area contributed by atoms with Crippen LogP contribution in [0.15, 0.2) is 0 Å². The highest BCUT2D eigenvalue weighted by atomic mass is 14.0. The van der Waals surface area contributed by atoms with Crippen LogP contribution >= 0.6 is 0 Å². The Morgan fingerprint density at radius 2 is 0.571 bits per heavy atom. The van der Waals surface area contributed by atoms with Crippen molar-refractivity contribution in [1.29, 1.82) is 0 Å². The van der Waals surface area contributed by atoms with Crippen LogP contribution < -0.4 is 0 Å². The van der Waals surface area contributed by atoms with Gasteiger partial charge in [-0.2, -0.15) is 0 Å². The third-order valence-corrected chi connectivity index (χ3v) is 0. The largest absolute Gasteiger partial charge is 0.0683 e. The zero-order valence-corrected chi connectivity index (χ0v) is 12.2. The Morgan fingerprint density at radius 1 is 0.571 bits per heavy atom. The fourth-order valence-corrected chi connectivity index (χ4v) is 0. The van der Waals surface area contributed by atoms with Crippen molar-refractivity contribution >= 4 is 23.9 Å². The predicted molar refractivity (Wildman–Crippen MR) is 76.4 cm³/mol. The van der Waals surface area contributed by atoms with E-state index in [1.54, 1.807) is 0 Å². The van der Waals surface area contributed by atoms with Gasteiger partial charge in [0.15, 0.2) is 0 Å². The summed E-state index contributed by atoms with van der Waals surface area (Å²) in [5.74, 6) is 0. The molecule has 0 spiro atoms. The van der Waals surface area contributed by atoms with Gasteiger partial charge in [-0.15, -0.1) is 0 Å². The van der Waals surface area contributed by atoms with Crippen LogP contribution in [0.4, 0.5) is 0 Å². The standard InChI is InChI=1S/C5H12.3C2H6.B2.B/c1-5(2,3)4;4*1-2;/h1-4H3;3*1-2H3;;. The molecule has 0 N–H and O–H groups in total. The monoisotopic (exact) mass is 195 g/mol. The van der Waals surface area contributed by atoms with E-state index in [1.165, 1.54) is 0 Å². The van der Waals surface area contributed by atoms with Crippen molar-refractivity contribution in [3.8, 4) is 0 Å². The van der Waals surface area contributed by atoms with Crippen LogP contribution in [0.25, 0.3) is 0 Å². The summed E-state index contributed by atoms with van der Waals surface area (Å²) in [6, 6.07) is 0. The molecule has 0 aromatic carbocycles. The molecule has 0 amide bonds. The molecule has 83 valence electrons. The van der Waals surface area contributed by atoms with Gasteiger partial charge in [-0.05, 0) is 5.41 Å². The van der Waals surface area contributed by atoms with Crippen LogP contribution in [0.5, 0.6) is 0 Å². The minimum absolute atomic E-state index is 0. The second-order valence-electron chi connectivity index (χ2n) is 3.00. The maximum Gasteiger partial charge on any atom is 0 e. The van der Waals surface area contributed by atoms with Gasteiger partial charge in [0.25, 0.3) is 0 Å². The molecular formula is C11H30B3. The summed E-state index contributed by atoms with van der Waals surface area (Å²) in [7, 11) is 8.00. The van der Waals surface area contributed by atoms with Gasteiger partial charge in [-0.3, -0.25) is 0 Å². The molecule has 0 bridgehead atoms. The quantitative estimate of drug-likeness (QED) is 0.512.